The zero-order valence-electron chi connectivity index (χ0n) is 15.6. The lowest BCUT2D eigenvalue weighted by Gasteiger charge is -2.18. The fourth-order valence-electron chi connectivity index (χ4n) is 3.17. The molecule has 1 aliphatic heterocycles. The monoisotopic (exact) mass is 393 g/mol. The Hall–Kier alpha value is -3.50. The smallest absolute Gasteiger partial charge is 0.264 e. The number of rotatable bonds is 5. The third-order valence-electron chi connectivity index (χ3n) is 4.72. The second kappa shape index (κ2) is 9.13. The van der Waals surface area contributed by atoms with E-state index in [1.54, 1.807) is 30.3 Å². The molecule has 0 spiro atoms. The summed E-state index contributed by atoms with van der Waals surface area (Å²) in [6.07, 6.45) is 0.648. The van der Waals surface area contributed by atoms with Crippen LogP contribution in [-0.2, 0) is 9.59 Å². The Bertz CT molecular complexity index is 952. The molecule has 1 fully saturated rings. The summed E-state index contributed by atoms with van der Waals surface area (Å²) in [6.45, 7) is 0.627. The van der Waals surface area contributed by atoms with Crippen molar-refractivity contribution in [2.45, 2.75) is 18.6 Å². The first-order chi connectivity index (χ1) is 14.0. The van der Waals surface area contributed by atoms with Crippen LogP contribution in [-0.4, -0.2) is 41.0 Å². The van der Waals surface area contributed by atoms with Gasteiger partial charge in [-0.2, -0.15) is 5.26 Å². The second-order valence-corrected chi connectivity index (χ2v) is 6.78. The van der Waals surface area contributed by atoms with Gasteiger partial charge in [0.05, 0.1) is 0 Å². The summed E-state index contributed by atoms with van der Waals surface area (Å²) in [5, 5.41) is 22.3. The number of carbonyl (C=O) groups excluding carboxylic acids is 2. The molecule has 2 amide bonds. The Morgan fingerprint density at radius 1 is 1.21 bits per heavy atom. The van der Waals surface area contributed by atoms with E-state index in [1.165, 1.54) is 35.2 Å². The van der Waals surface area contributed by atoms with Gasteiger partial charge in [-0.15, -0.1) is 0 Å². The Kier molecular flexibility index (Phi) is 6.37. The third kappa shape index (κ3) is 5.06. The number of nitrogens with one attached hydrogen (secondary N) is 1. The standard InChI is InChI=1S/C22H20FN3O3/c23-18-8-6-15(7-9-18)12-17(13-24)22(29)26-11-10-19(14-26)25-21(28)20(27)16-4-2-1-3-5-16/h1-9,12,19-20,27H,10-11,14H2,(H,25,28)/b17-12-/t19-,20+/m0/s1. The van der Waals surface area contributed by atoms with Gasteiger partial charge in [0.25, 0.3) is 11.8 Å². The number of hydrogen-bond donors (Lipinski definition) is 2. The highest BCUT2D eigenvalue weighted by Crippen LogP contribution is 2.17. The maximum absolute atomic E-state index is 13.0. The first-order valence-electron chi connectivity index (χ1n) is 9.18. The van der Waals surface area contributed by atoms with Gasteiger partial charge in [-0.05, 0) is 35.8 Å². The minimum atomic E-state index is -1.28. The van der Waals surface area contributed by atoms with E-state index in [0.717, 1.165) is 0 Å². The Balaban J connectivity index is 1.60. The molecule has 1 aliphatic rings. The minimum absolute atomic E-state index is 0.0621. The van der Waals surface area contributed by atoms with Crippen molar-refractivity contribution in [3.63, 3.8) is 0 Å². The number of hydrogen-bond acceptors (Lipinski definition) is 4. The summed E-state index contributed by atoms with van der Waals surface area (Å²) in [7, 11) is 0. The van der Waals surface area contributed by atoms with E-state index in [2.05, 4.69) is 5.32 Å². The molecule has 29 heavy (non-hydrogen) atoms. The number of aliphatic hydroxyl groups excluding tert-OH is 1. The molecule has 0 aromatic heterocycles. The summed E-state index contributed by atoms with van der Waals surface area (Å²) in [4.78, 5) is 26.4. The molecular weight excluding hydrogens is 373 g/mol. The molecule has 0 aliphatic carbocycles. The fourth-order valence-corrected chi connectivity index (χ4v) is 3.17. The number of aliphatic hydroxyl groups is 1. The van der Waals surface area contributed by atoms with E-state index in [1.807, 2.05) is 6.07 Å². The predicted octanol–water partition coefficient (Wildman–Crippen LogP) is 2.18. The summed E-state index contributed by atoms with van der Waals surface area (Å²) in [6, 6.07) is 15.6. The lowest BCUT2D eigenvalue weighted by molar-refractivity contribution is -0.131. The highest BCUT2D eigenvalue weighted by atomic mass is 19.1. The van der Waals surface area contributed by atoms with Crippen LogP contribution in [0.25, 0.3) is 6.08 Å². The largest absolute Gasteiger partial charge is 0.378 e. The van der Waals surface area contributed by atoms with Gasteiger partial charge in [0, 0.05) is 19.1 Å². The van der Waals surface area contributed by atoms with E-state index >= 15 is 0 Å². The highest BCUT2D eigenvalue weighted by Gasteiger charge is 2.30. The van der Waals surface area contributed by atoms with Crippen molar-refractivity contribution in [1.82, 2.24) is 10.2 Å². The molecule has 0 saturated carbocycles. The van der Waals surface area contributed by atoms with E-state index < -0.39 is 23.7 Å². The summed E-state index contributed by atoms with van der Waals surface area (Å²) in [5.74, 6) is -1.38. The Morgan fingerprint density at radius 2 is 1.90 bits per heavy atom. The van der Waals surface area contributed by atoms with E-state index in [-0.39, 0.29) is 18.2 Å². The molecular formula is C22H20FN3O3. The van der Waals surface area contributed by atoms with Crippen molar-refractivity contribution in [3.05, 3.63) is 77.1 Å². The number of nitrogens with zero attached hydrogens (tertiary/aromatic N) is 2. The van der Waals surface area contributed by atoms with E-state index in [0.29, 0.717) is 24.1 Å². The van der Waals surface area contributed by atoms with Crippen LogP contribution in [0.1, 0.15) is 23.7 Å². The highest BCUT2D eigenvalue weighted by molar-refractivity contribution is 6.01. The Labute approximate surface area is 167 Å². The first-order valence-corrected chi connectivity index (χ1v) is 9.18. The number of benzene rings is 2. The summed E-state index contributed by atoms with van der Waals surface area (Å²) in [5.41, 5.74) is 0.976. The number of carbonyl (C=O) groups is 2. The lowest BCUT2D eigenvalue weighted by atomic mass is 10.1. The van der Waals surface area contributed by atoms with Crippen molar-refractivity contribution < 1.29 is 19.1 Å². The van der Waals surface area contributed by atoms with Crippen LogP contribution in [0.3, 0.4) is 0 Å². The molecule has 2 atom stereocenters. The molecule has 3 rings (SSSR count). The van der Waals surface area contributed by atoms with Gasteiger partial charge in [-0.25, -0.2) is 4.39 Å². The molecule has 148 valence electrons. The molecule has 0 bridgehead atoms. The quantitative estimate of drug-likeness (QED) is 0.602. The van der Waals surface area contributed by atoms with Crippen molar-refractivity contribution >= 4 is 17.9 Å². The molecule has 2 N–H and O–H groups in total. The maximum atomic E-state index is 13.0. The summed E-state index contributed by atoms with van der Waals surface area (Å²) < 4.78 is 13.0. The van der Waals surface area contributed by atoms with Crippen LogP contribution in [0.15, 0.2) is 60.2 Å². The molecule has 1 saturated heterocycles. The van der Waals surface area contributed by atoms with Crippen molar-refractivity contribution in [1.29, 1.82) is 5.26 Å². The van der Waals surface area contributed by atoms with Crippen molar-refractivity contribution in [2.75, 3.05) is 13.1 Å². The number of halogens is 1. The van der Waals surface area contributed by atoms with Crippen molar-refractivity contribution in [2.24, 2.45) is 0 Å². The van der Waals surface area contributed by atoms with E-state index in [9.17, 15) is 24.3 Å². The number of nitriles is 1. The van der Waals surface area contributed by atoms with Gasteiger partial charge in [0.1, 0.15) is 17.5 Å². The normalized spacial score (nSPS) is 17.5. The Morgan fingerprint density at radius 3 is 2.55 bits per heavy atom. The fraction of sp³-hybridized carbons (Fsp3) is 0.227. The zero-order chi connectivity index (χ0) is 20.8. The van der Waals surface area contributed by atoms with Crippen LogP contribution in [0.2, 0.25) is 0 Å². The van der Waals surface area contributed by atoms with Crippen LogP contribution < -0.4 is 5.32 Å². The van der Waals surface area contributed by atoms with Gasteiger partial charge in [-0.1, -0.05) is 42.5 Å². The summed E-state index contributed by atoms with van der Waals surface area (Å²) >= 11 is 0. The molecule has 1 heterocycles. The third-order valence-corrected chi connectivity index (χ3v) is 4.72. The van der Waals surface area contributed by atoms with Gasteiger partial charge in [0.2, 0.25) is 0 Å². The minimum Gasteiger partial charge on any atom is -0.378 e. The zero-order valence-corrected chi connectivity index (χ0v) is 15.6. The molecule has 6 nitrogen and oxygen atoms in total. The topological polar surface area (TPSA) is 93.4 Å². The molecule has 2 aromatic carbocycles. The average molecular weight is 393 g/mol. The van der Waals surface area contributed by atoms with Gasteiger partial charge in [0.15, 0.2) is 6.10 Å². The lowest BCUT2D eigenvalue weighted by Crippen LogP contribution is -2.40. The number of amides is 2. The van der Waals surface area contributed by atoms with Crippen LogP contribution >= 0.6 is 0 Å². The van der Waals surface area contributed by atoms with Crippen LogP contribution in [0.4, 0.5) is 4.39 Å². The molecule has 0 radical (unpaired) electrons. The van der Waals surface area contributed by atoms with Gasteiger partial charge < -0.3 is 15.3 Å². The molecule has 7 heteroatoms. The van der Waals surface area contributed by atoms with Gasteiger partial charge in [-0.3, -0.25) is 9.59 Å². The second-order valence-electron chi connectivity index (χ2n) is 6.78. The SMILES string of the molecule is N#C/C(=C/c1ccc(F)cc1)C(=O)N1CC[C@H](NC(=O)[C@H](O)c2ccccc2)C1. The first kappa shape index (κ1) is 20.2. The van der Waals surface area contributed by atoms with Crippen LogP contribution in [0.5, 0.6) is 0 Å². The van der Waals surface area contributed by atoms with Crippen LogP contribution in [0, 0.1) is 17.1 Å². The number of likely N-dealkylation sites (tertiary alicyclic amines) is 1. The van der Waals surface area contributed by atoms with Gasteiger partial charge >= 0.3 is 0 Å². The van der Waals surface area contributed by atoms with E-state index in [4.69, 9.17) is 0 Å². The van der Waals surface area contributed by atoms with Crippen molar-refractivity contribution in [3.8, 4) is 6.07 Å². The maximum Gasteiger partial charge on any atom is 0.264 e. The molecule has 0 unspecified atom stereocenters. The predicted molar refractivity (Wildman–Crippen MR) is 105 cm³/mol. The average Bonchev–Trinajstić information content (AvgIpc) is 3.21. The molecule has 2 aromatic rings.